The van der Waals surface area contributed by atoms with E-state index in [1.165, 1.54) is 18.2 Å². The first-order chi connectivity index (χ1) is 21.4. The van der Waals surface area contributed by atoms with E-state index in [1.807, 2.05) is 4.72 Å². The molecule has 3 heterocycles. The molecular formula is C30H29F5N4O5S. The van der Waals surface area contributed by atoms with Crippen molar-refractivity contribution >= 4 is 21.6 Å². The van der Waals surface area contributed by atoms with E-state index in [0.717, 1.165) is 25.0 Å². The molecule has 3 aliphatic carbocycles. The number of nitrogens with one attached hydrogen (secondary N) is 2. The number of piperidine rings is 1. The second kappa shape index (κ2) is 11.0. The molecule has 0 radical (unpaired) electrons. The Morgan fingerprint density at radius 1 is 1.02 bits per heavy atom. The quantitative estimate of drug-likeness (QED) is 0.276. The first-order valence-electron chi connectivity index (χ1n) is 14.8. The van der Waals surface area contributed by atoms with Crippen LogP contribution in [0.1, 0.15) is 72.5 Å². The van der Waals surface area contributed by atoms with E-state index in [-0.39, 0.29) is 53.3 Å². The van der Waals surface area contributed by atoms with Crippen LogP contribution in [0.2, 0.25) is 0 Å². The highest BCUT2D eigenvalue weighted by Gasteiger charge is 2.47. The van der Waals surface area contributed by atoms with E-state index in [9.17, 15) is 26.4 Å². The Morgan fingerprint density at radius 2 is 1.69 bits per heavy atom. The van der Waals surface area contributed by atoms with Crippen molar-refractivity contribution in [2.45, 2.75) is 87.1 Å². The lowest BCUT2D eigenvalue weighted by Gasteiger charge is -2.56. The summed E-state index contributed by atoms with van der Waals surface area (Å²) in [4.78, 5) is 14.1. The third-order valence-electron chi connectivity index (χ3n) is 8.88. The standard InChI is InChI=1S/C30H29F5N4O5S/c31-23-9-16(29(40)38-45(41,42)20-7-8-20)10-24(32)27(23)39-18-11-17(12-19(39)13-18)36-14-22-26(37-44-28(22)15-5-6-15)21-3-1-2-4-25(21)43-30(33,34)35/h1-4,9-10,15,17-20,36H,5-8,11-14H2,(H,38,40). The van der Waals surface area contributed by atoms with Crippen LogP contribution in [0.3, 0.4) is 0 Å². The minimum absolute atomic E-state index is 0.0507. The highest BCUT2D eigenvalue weighted by atomic mass is 32.2. The van der Waals surface area contributed by atoms with Crippen molar-refractivity contribution in [3.8, 4) is 17.0 Å². The maximum atomic E-state index is 15.2. The first kappa shape index (κ1) is 30.0. The Balaban J connectivity index is 1.04. The van der Waals surface area contributed by atoms with Crippen LogP contribution in [0.5, 0.6) is 5.75 Å². The van der Waals surface area contributed by atoms with Crippen LogP contribution in [0.4, 0.5) is 27.6 Å². The second-order valence-electron chi connectivity index (χ2n) is 12.2. The second-order valence-corrected chi connectivity index (χ2v) is 14.1. The number of carbonyl (C=O) groups excluding carboxylic acids is 1. The number of anilines is 1. The molecule has 5 aliphatic rings. The number of rotatable bonds is 10. The zero-order chi connectivity index (χ0) is 31.7. The lowest BCUT2D eigenvalue weighted by molar-refractivity contribution is -0.274. The predicted octanol–water partition coefficient (Wildman–Crippen LogP) is 5.52. The number of halogens is 5. The molecule has 2 atom stereocenters. The number of ether oxygens (including phenoxy) is 1. The van der Waals surface area contributed by atoms with Crippen molar-refractivity contribution in [3.05, 3.63) is 64.9 Å². The summed E-state index contributed by atoms with van der Waals surface area (Å²) in [6.07, 6.45) is -0.427. The SMILES string of the molecule is O=C(NS(=O)(=O)C1CC1)c1cc(F)c(N2C3CC(NCc4c(-c5ccccc5OC(F)(F)F)noc4C4CC4)CC2C3)c(F)c1. The average molecular weight is 653 g/mol. The van der Waals surface area contributed by atoms with Gasteiger partial charge in [0.15, 0.2) is 0 Å². The fourth-order valence-electron chi connectivity index (χ4n) is 6.49. The highest BCUT2D eigenvalue weighted by Crippen LogP contribution is 2.47. The molecule has 9 nitrogen and oxygen atoms in total. The molecule has 0 spiro atoms. The molecule has 3 saturated carbocycles. The van der Waals surface area contributed by atoms with Gasteiger partial charge in [0.2, 0.25) is 10.0 Å². The number of para-hydroxylation sites is 1. The zero-order valence-corrected chi connectivity index (χ0v) is 24.6. The number of aromatic nitrogens is 1. The van der Waals surface area contributed by atoms with Gasteiger partial charge in [-0.15, -0.1) is 13.2 Å². The lowest BCUT2D eigenvalue weighted by atomic mass is 9.76. The number of carbonyl (C=O) groups is 1. The van der Waals surface area contributed by atoms with Crippen LogP contribution in [0, 0.1) is 11.6 Å². The summed E-state index contributed by atoms with van der Waals surface area (Å²) in [6, 6.07) is 7.04. The largest absolute Gasteiger partial charge is 0.573 e. The summed E-state index contributed by atoms with van der Waals surface area (Å²) in [5.41, 5.74) is 0.413. The molecule has 8 rings (SSSR count). The number of sulfonamides is 1. The van der Waals surface area contributed by atoms with Crippen molar-refractivity contribution in [1.82, 2.24) is 15.2 Å². The van der Waals surface area contributed by atoms with Crippen LogP contribution < -0.4 is 19.7 Å². The molecule has 2 aliphatic heterocycles. The molecular weight excluding hydrogens is 623 g/mol. The number of hydrogen-bond donors (Lipinski definition) is 2. The molecule has 240 valence electrons. The number of benzene rings is 2. The van der Waals surface area contributed by atoms with Crippen LogP contribution in [0.25, 0.3) is 11.3 Å². The highest BCUT2D eigenvalue weighted by molar-refractivity contribution is 7.91. The van der Waals surface area contributed by atoms with E-state index >= 15 is 8.78 Å². The smallest absolute Gasteiger partial charge is 0.405 e. The van der Waals surface area contributed by atoms with E-state index in [2.05, 4.69) is 15.2 Å². The van der Waals surface area contributed by atoms with Gasteiger partial charge in [-0.25, -0.2) is 21.9 Å². The molecule has 1 aromatic heterocycles. The van der Waals surface area contributed by atoms with Crippen molar-refractivity contribution in [3.63, 3.8) is 0 Å². The molecule has 5 fully saturated rings. The summed E-state index contributed by atoms with van der Waals surface area (Å²) in [7, 11) is -3.88. The number of fused-ring (bicyclic) bond motifs is 2. The number of amides is 1. The summed E-state index contributed by atoms with van der Waals surface area (Å²) < 4.78 is 106. The van der Waals surface area contributed by atoms with Gasteiger partial charge in [0.05, 0.1) is 5.25 Å². The summed E-state index contributed by atoms with van der Waals surface area (Å²) in [5.74, 6) is -2.60. The molecule has 2 aromatic carbocycles. The van der Waals surface area contributed by atoms with Gasteiger partial charge in [-0.1, -0.05) is 17.3 Å². The van der Waals surface area contributed by atoms with E-state index in [0.29, 0.717) is 43.4 Å². The molecule has 2 bridgehead atoms. The topological polar surface area (TPSA) is 114 Å². The van der Waals surface area contributed by atoms with Gasteiger partial charge >= 0.3 is 6.36 Å². The molecule has 15 heteroatoms. The minimum Gasteiger partial charge on any atom is -0.405 e. The van der Waals surface area contributed by atoms with Gasteiger partial charge in [-0.05, 0) is 69.2 Å². The summed E-state index contributed by atoms with van der Waals surface area (Å²) in [5, 5.41) is 6.93. The van der Waals surface area contributed by atoms with Gasteiger partial charge in [-0.3, -0.25) is 4.79 Å². The third kappa shape index (κ3) is 5.99. The van der Waals surface area contributed by atoms with Crippen LogP contribution in [-0.4, -0.2) is 49.2 Å². The van der Waals surface area contributed by atoms with E-state index in [4.69, 9.17) is 4.52 Å². The Morgan fingerprint density at radius 3 is 2.31 bits per heavy atom. The normalized spacial score (nSPS) is 23.0. The van der Waals surface area contributed by atoms with E-state index < -0.39 is 44.7 Å². The number of alkyl halides is 3. The predicted molar refractivity (Wildman–Crippen MR) is 151 cm³/mol. The molecule has 3 aromatic rings. The Hall–Kier alpha value is -3.72. The molecule has 2 saturated heterocycles. The molecule has 45 heavy (non-hydrogen) atoms. The fourth-order valence-corrected chi connectivity index (χ4v) is 7.79. The van der Waals surface area contributed by atoms with Gasteiger partial charge in [0.25, 0.3) is 5.91 Å². The number of nitrogens with zero attached hydrogens (tertiary/aromatic N) is 2. The fraction of sp³-hybridized carbons (Fsp3) is 0.467. The zero-order valence-electron chi connectivity index (χ0n) is 23.7. The average Bonchev–Trinajstić information content (AvgIpc) is 3.90. The Bertz CT molecular complexity index is 1720. The van der Waals surface area contributed by atoms with Crippen molar-refractivity contribution in [2.75, 3.05) is 4.90 Å². The van der Waals surface area contributed by atoms with Gasteiger partial charge < -0.3 is 19.5 Å². The van der Waals surface area contributed by atoms with Crippen LogP contribution in [0.15, 0.2) is 40.9 Å². The monoisotopic (exact) mass is 652 g/mol. The third-order valence-corrected chi connectivity index (χ3v) is 10.7. The summed E-state index contributed by atoms with van der Waals surface area (Å²) >= 11 is 0. The molecule has 2 N–H and O–H groups in total. The van der Waals surface area contributed by atoms with Gasteiger partial charge in [-0.2, -0.15) is 0 Å². The van der Waals surface area contributed by atoms with Gasteiger partial charge in [0, 0.05) is 47.3 Å². The van der Waals surface area contributed by atoms with Crippen LogP contribution in [-0.2, 0) is 16.6 Å². The van der Waals surface area contributed by atoms with Crippen molar-refractivity contribution in [1.29, 1.82) is 0 Å². The molecule has 1 amide bonds. The maximum Gasteiger partial charge on any atom is 0.573 e. The molecule has 2 unspecified atom stereocenters. The lowest BCUT2D eigenvalue weighted by Crippen LogP contribution is -2.64. The first-order valence-corrected chi connectivity index (χ1v) is 16.3. The van der Waals surface area contributed by atoms with E-state index in [1.54, 1.807) is 11.0 Å². The maximum absolute atomic E-state index is 15.2. The minimum atomic E-state index is -4.88. The number of hydrogen-bond acceptors (Lipinski definition) is 8. The van der Waals surface area contributed by atoms with Crippen molar-refractivity contribution < 1.29 is 44.4 Å². The van der Waals surface area contributed by atoms with Crippen molar-refractivity contribution in [2.24, 2.45) is 0 Å². The Kier molecular flexibility index (Phi) is 7.30. The van der Waals surface area contributed by atoms with Gasteiger partial charge in [0.1, 0.15) is 34.5 Å². The Labute approximate surface area is 255 Å². The van der Waals surface area contributed by atoms with Crippen LogP contribution >= 0.6 is 0 Å². The summed E-state index contributed by atoms with van der Waals surface area (Å²) in [6.45, 7) is 0.269.